The molecule has 8 nitrogen and oxygen atoms in total. The molecule has 3 heterocycles. The molecule has 0 radical (unpaired) electrons. The summed E-state index contributed by atoms with van der Waals surface area (Å²) in [6.45, 7) is 3.34. The molecule has 1 fully saturated rings. The number of halogens is 3. The summed E-state index contributed by atoms with van der Waals surface area (Å²) in [5.41, 5.74) is 8.72. The van der Waals surface area contributed by atoms with Crippen LogP contribution in [-0.4, -0.2) is 67.5 Å². The monoisotopic (exact) mass is 556 g/mol. The van der Waals surface area contributed by atoms with Gasteiger partial charge in [0.1, 0.15) is 17.9 Å². The van der Waals surface area contributed by atoms with Crippen molar-refractivity contribution in [2.75, 3.05) is 47.1 Å². The first-order chi connectivity index (χ1) is 17.1. The minimum absolute atomic E-state index is 0. The van der Waals surface area contributed by atoms with Crippen molar-refractivity contribution < 1.29 is 23.4 Å². The maximum absolute atomic E-state index is 14.5. The molecule has 3 aromatic rings. The van der Waals surface area contributed by atoms with Gasteiger partial charge in [0.2, 0.25) is 5.88 Å². The fraction of sp³-hybridized carbons (Fsp3) is 0.462. The minimum Gasteiger partial charge on any atom is -0.474 e. The van der Waals surface area contributed by atoms with Gasteiger partial charge in [0.25, 0.3) is 5.91 Å². The first-order valence-corrected chi connectivity index (χ1v) is 11.9. The smallest absolute Gasteiger partial charge is 0.256 e. The number of carbonyl (C=O) groups excluding carboxylic acids is 1. The molecule has 2 aromatic heterocycles. The number of hydrogen-bond acceptors (Lipinski definition) is 6. The Morgan fingerprint density at radius 2 is 1.84 bits per heavy atom. The third-order valence-corrected chi connectivity index (χ3v) is 6.56. The van der Waals surface area contributed by atoms with Crippen molar-refractivity contribution in [1.82, 2.24) is 14.5 Å². The summed E-state index contributed by atoms with van der Waals surface area (Å²) < 4.78 is 32.6. The van der Waals surface area contributed by atoms with Crippen molar-refractivity contribution in [3.63, 3.8) is 0 Å². The summed E-state index contributed by atoms with van der Waals surface area (Å²) in [4.78, 5) is 19.8. The van der Waals surface area contributed by atoms with Crippen LogP contribution in [0, 0.1) is 5.82 Å². The standard InChI is InChI=1S/C26H33FN4O4.2ClH/c1-33-12-11-31-17-22(20-5-8-29-25(24(20)31)35-14-13-34-2)26(32)30-9-6-19(7-10-30)21-15-18(16-28)3-4-23(21)27;;/h3-5,8,15,17,19H,6-7,9-14,16,28H2,1-2H3;2*1H. The van der Waals surface area contributed by atoms with Crippen LogP contribution in [0.1, 0.15) is 40.2 Å². The summed E-state index contributed by atoms with van der Waals surface area (Å²) in [6, 6.07) is 6.91. The predicted octanol–water partition coefficient (Wildman–Crippen LogP) is 4.17. The minimum atomic E-state index is -0.207. The van der Waals surface area contributed by atoms with Gasteiger partial charge in [-0.25, -0.2) is 9.37 Å². The average molecular weight is 557 g/mol. The van der Waals surface area contributed by atoms with Crippen LogP contribution in [0.25, 0.3) is 10.9 Å². The highest BCUT2D eigenvalue weighted by Gasteiger charge is 2.28. The lowest BCUT2D eigenvalue weighted by Crippen LogP contribution is -2.38. The summed E-state index contributed by atoms with van der Waals surface area (Å²) >= 11 is 0. The molecule has 0 spiro atoms. The summed E-state index contributed by atoms with van der Waals surface area (Å²) in [5, 5.41) is 0.789. The Balaban J connectivity index is 0.00000241. The largest absolute Gasteiger partial charge is 0.474 e. The van der Waals surface area contributed by atoms with Gasteiger partial charge < -0.3 is 29.4 Å². The molecular formula is C26H35Cl2FN4O4. The number of pyridine rings is 1. The van der Waals surface area contributed by atoms with Gasteiger partial charge in [0.05, 0.1) is 18.8 Å². The highest BCUT2D eigenvalue weighted by molar-refractivity contribution is 6.08. The first-order valence-electron chi connectivity index (χ1n) is 11.9. The fourth-order valence-electron chi connectivity index (χ4n) is 4.68. The number of nitrogens with two attached hydrogens (primary N) is 1. The van der Waals surface area contributed by atoms with E-state index in [9.17, 15) is 9.18 Å². The lowest BCUT2D eigenvalue weighted by atomic mass is 9.88. The number of amides is 1. The number of benzene rings is 1. The van der Waals surface area contributed by atoms with E-state index in [0.717, 1.165) is 16.5 Å². The van der Waals surface area contributed by atoms with Gasteiger partial charge in [-0.15, -0.1) is 24.8 Å². The van der Waals surface area contributed by atoms with Gasteiger partial charge in [0.15, 0.2) is 0 Å². The average Bonchev–Trinajstić information content (AvgIpc) is 3.27. The van der Waals surface area contributed by atoms with Crippen LogP contribution in [0.3, 0.4) is 0 Å². The van der Waals surface area contributed by atoms with Gasteiger partial charge in [0, 0.05) is 58.2 Å². The topological polar surface area (TPSA) is 91.8 Å². The fourth-order valence-corrected chi connectivity index (χ4v) is 4.68. The molecule has 11 heteroatoms. The van der Waals surface area contributed by atoms with Crippen molar-refractivity contribution in [1.29, 1.82) is 0 Å². The van der Waals surface area contributed by atoms with Crippen LogP contribution in [-0.2, 0) is 22.6 Å². The van der Waals surface area contributed by atoms with Crippen LogP contribution in [0.4, 0.5) is 4.39 Å². The van der Waals surface area contributed by atoms with E-state index in [1.54, 1.807) is 26.5 Å². The highest BCUT2D eigenvalue weighted by atomic mass is 35.5. The molecule has 1 aromatic carbocycles. The Kier molecular flexibility index (Phi) is 12.1. The summed E-state index contributed by atoms with van der Waals surface area (Å²) in [6.07, 6.45) is 4.91. The normalized spacial score (nSPS) is 13.8. The number of fused-ring (bicyclic) bond motifs is 1. The molecule has 0 unspecified atom stereocenters. The van der Waals surface area contributed by atoms with E-state index >= 15 is 0 Å². The summed E-state index contributed by atoms with van der Waals surface area (Å²) in [7, 11) is 3.25. The second-order valence-corrected chi connectivity index (χ2v) is 8.71. The third kappa shape index (κ3) is 6.91. The Morgan fingerprint density at radius 1 is 1.11 bits per heavy atom. The van der Waals surface area contributed by atoms with Crippen molar-refractivity contribution in [2.45, 2.75) is 31.8 Å². The van der Waals surface area contributed by atoms with Crippen molar-refractivity contribution >= 4 is 41.6 Å². The second-order valence-electron chi connectivity index (χ2n) is 8.71. The lowest BCUT2D eigenvalue weighted by Gasteiger charge is -2.32. The number of methoxy groups -OCH3 is 2. The van der Waals surface area contributed by atoms with Crippen LogP contribution in [0.5, 0.6) is 5.88 Å². The molecule has 0 bridgehead atoms. The van der Waals surface area contributed by atoms with Gasteiger partial charge in [-0.05, 0) is 42.0 Å². The van der Waals surface area contributed by atoms with Crippen molar-refractivity contribution in [2.24, 2.45) is 5.73 Å². The SMILES string of the molecule is COCCOc1nccc2c(C(=O)N3CCC(c4cc(CN)ccc4F)CC3)cn(CCOC)c12.Cl.Cl. The van der Waals surface area contributed by atoms with Crippen LogP contribution in [0.2, 0.25) is 0 Å². The number of rotatable bonds is 10. The molecule has 37 heavy (non-hydrogen) atoms. The molecular weight excluding hydrogens is 522 g/mol. The van der Waals surface area contributed by atoms with Crippen molar-refractivity contribution in [3.8, 4) is 5.88 Å². The zero-order chi connectivity index (χ0) is 24.8. The van der Waals surface area contributed by atoms with E-state index in [4.69, 9.17) is 19.9 Å². The van der Waals surface area contributed by atoms with E-state index in [-0.39, 0.29) is 42.5 Å². The van der Waals surface area contributed by atoms with Gasteiger partial charge in [-0.1, -0.05) is 12.1 Å². The number of hydrogen-bond donors (Lipinski definition) is 1. The highest BCUT2D eigenvalue weighted by Crippen LogP contribution is 2.33. The molecule has 4 rings (SSSR count). The van der Waals surface area contributed by atoms with Crippen LogP contribution < -0.4 is 10.5 Å². The van der Waals surface area contributed by atoms with Crippen LogP contribution in [0.15, 0.2) is 36.7 Å². The van der Waals surface area contributed by atoms with Crippen LogP contribution >= 0.6 is 24.8 Å². The molecule has 1 amide bonds. The molecule has 204 valence electrons. The Labute approximate surface area is 229 Å². The zero-order valence-electron chi connectivity index (χ0n) is 21.2. The maximum atomic E-state index is 14.5. The quantitative estimate of drug-likeness (QED) is 0.377. The molecule has 1 aliphatic rings. The predicted molar refractivity (Wildman–Crippen MR) is 146 cm³/mol. The number of ether oxygens (including phenoxy) is 3. The molecule has 0 atom stereocenters. The molecule has 1 saturated heterocycles. The number of likely N-dealkylation sites (tertiary alicyclic amines) is 1. The number of carbonyl (C=O) groups is 1. The van der Waals surface area contributed by atoms with Crippen molar-refractivity contribution in [3.05, 3.63) is 59.2 Å². The van der Waals surface area contributed by atoms with E-state index < -0.39 is 0 Å². The summed E-state index contributed by atoms with van der Waals surface area (Å²) in [5.74, 6) is 0.277. The molecule has 0 saturated carbocycles. The lowest BCUT2D eigenvalue weighted by molar-refractivity contribution is 0.0714. The molecule has 2 N–H and O–H groups in total. The van der Waals surface area contributed by atoms with E-state index in [1.165, 1.54) is 6.07 Å². The first kappa shape index (κ1) is 30.8. The Hall–Kier alpha value is -2.43. The van der Waals surface area contributed by atoms with Gasteiger partial charge >= 0.3 is 0 Å². The maximum Gasteiger partial charge on any atom is 0.256 e. The molecule has 0 aliphatic carbocycles. The number of piperidine rings is 1. The molecule has 1 aliphatic heterocycles. The van der Waals surface area contributed by atoms with Gasteiger partial charge in [-0.2, -0.15) is 0 Å². The third-order valence-electron chi connectivity index (χ3n) is 6.56. The Morgan fingerprint density at radius 3 is 2.51 bits per heavy atom. The van der Waals surface area contributed by atoms with E-state index in [2.05, 4.69) is 4.98 Å². The van der Waals surface area contributed by atoms with E-state index in [0.29, 0.717) is 75.8 Å². The van der Waals surface area contributed by atoms with Gasteiger partial charge in [-0.3, -0.25) is 4.79 Å². The second kappa shape index (κ2) is 14.5. The number of nitrogens with zero attached hydrogens (tertiary/aromatic N) is 3. The number of aromatic nitrogens is 2. The van der Waals surface area contributed by atoms with E-state index in [1.807, 2.05) is 27.8 Å². The zero-order valence-corrected chi connectivity index (χ0v) is 22.8. The Bertz CT molecular complexity index is 1170.